The molecule has 26 heavy (non-hydrogen) atoms. The van der Waals surface area contributed by atoms with E-state index in [1.807, 2.05) is 28.9 Å². The summed E-state index contributed by atoms with van der Waals surface area (Å²) in [6.45, 7) is 7.07. The quantitative estimate of drug-likeness (QED) is 0.900. The zero-order valence-corrected chi connectivity index (χ0v) is 15.9. The topological polar surface area (TPSA) is 65.5 Å². The number of aromatic nitrogens is 1. The van der Waals surface area contributed by atoms with E-state index in [1.54, 1.807) is 6.20 Å². The lowest BCUT2D eigenvalue weighted by Crippen LogP contribution is -2.48. The molecule has 1 aromatic rings. The summed E-state index contributed by atoms with van der Waals surface area (Å²) in [6, 6.07) is 3.73. The first-order valence-corrected chi connectivity index (χ1v) is 9.84. The molecule has 0 spiro atoms. The Hall–Kier alpha value is -2.11. The molecule has 0 saturated carbocycles. The van der Waals surface area contributed by atoms with Crippen LogP contribution in [0.2, 0.25) is 0 Å². The molecule has 1 N–H and O–H groups in total. The monoisotopic (exact) mass is 358 g/mol. The van der Waals surface area contributed by atoms with Crippen molar-refractivity contribution in [3.05, 3.63) is 29.6 Å². The first kappa shape index (κ1) is 18.7. The standard InChI is InChI=1S/C20H30N4O2/c1-3-4-16-7-10-23(11-8-16)20(26)22-18-9-12-24(14-18)19(25)17-6-5-15(2)21-13-17/h5-6,13,16,18H,3-4,7-12,14H2,1-2H3,(H,22,26)/t18-/m1/s1. The van der Waals surface area contributed by atoms with Crippen molar-refractivity contribution in [1.82, 2.24) is 20.1 Å². The van der Waals surface area contributed by atoms with Gasteiger partial charge in [0.1, 0.15) is 0 Å². The summed E-state index contributed by atoms with van der Waals surface area (Å²) in [5, 5.41) is 3.12. The molecule has 2 aliphatic rings. The Morgan fingerprint density at radius 1 is 1.15 bits per heavy atom. The Morgan fingerprint density at radius 2 is 1.88 bits per heavy atom. The highest BCUT2D eigenvalue weighted by Crippen LogP contribution is 2.22. The van der Waals surface area contributed by atoms with Gasteiger partial charge in [-0.15, -0.1) is 0 Å². The summed E-state index contributed by atoms with van der Waals surface area (Å²) < 4.78 is 0. The van der Waals surface area contributed by atoms with Crippen LogP contribution >= 0.6 is 0 Å². The molecule has 1 aromatic heterocycles. The Balaban J connectivity index is 1.46. The van der Waals surface area contributed by atoms with E-state index in [0.717, 1.165) is 44.0 Å². The average Bonchev–Trinajstić information content (AvgIpc) is 3.11. The van der Waals surface area contributed by atoms with E-state index in [9.17, 15) is 9.59 Å². The molecule has 0 unspecified atom stereocenters. The second-order valence-electron chi connectivity index (χ2n) is 7.59. The number of pyridine rings is 1. The van der Waals surface area contributed by atoms with Crippen LogP contribution in [0.25, 0.3) is 0 Å². The van der Waals surface area contributed by atoms with Gasteiger partial charge in [-0.2, -0.15) is 0 Å². The van der Waals surface area contributed by atoms with Gasteiger partial charge >= 0.3 is 6.03 Å². The summed E-state index contributed by atoms with van der Waals surface area (Å²) in [7, 11) is 0. The molecule has 142 valence electrons. The average molecular weight is 358 g/mol. The van der Waals surface area contributed by atoms with E-state index < -0.39 is 0 Å². The predicted molar refractivity (Wildman–Crippen MR) is 101 cm³/mol. The lowest BCUT2D eigenvalue weighted by molar-refractivity contribution is 0.0788. The minimum absolute atomic E-state index is 0.00497. The minimum atomic E-state index is -0.00497. The summed E-state index contributed by atoms with van der Waals surface area (Å²) in [5.41, 5.74) is 1.51. The molecule has 3 rings (SSSR count). The predicted octanol–water partition coefficient (Wildman–Crippen LogP) is 2.83. The second kappa shape index (κ2) is 8.52. The molecule has 6 nitrogen and oxygen atoms in total. The van der Waals surface area contributed by atoms with Crippen molar-refractivity contribution in [2.45, 2.75) is 52.0 Å². The van der Waals surface area contributed by atoms with Crippen LogP contribution in [0, 0.1) is 12.8 Å². The lowest BCUT2D eigenvalue weighted by atomic mass is 9.93. The Bertz CT molecular complexity index is 623. The molecule has 2 aliphatic heterocycles. The van der Waals surface area contributed by atoms with Gasteiger partial charge in [-0.25, -0.2) is 4.79 Å². The van der Waals surface area contributed by atoms with Gasteiger partial charge in [-0.05, 0) is 44.2 Å². The van der Waals surface area contributed by atoms with Crippen LogP contribution in [0.15, 0.2) is 18.3 Å². The van der Waals surface area contributed by atoms with Gasteiger partial charge in [0.15, 0.2) is 0 Å². The maximum Gasteiger partial charge on any atom is 0.317 e. The number of carbonyl (C=O) groups is 2. The van der Waals surface area contributed by atoms with Crippen molar-refractivity contribution in [3.8, 4) is 0 Å². The number of aryl methyl sites for hydroxylation is 1. The lowest BCUT2D eigenvalue weighted by Gasteiger charge is -2.32. The molecule has 6 heteroatoms. The molecule has 0 aliphatic carbocycles. The number of nitrogens with zero attached hydrogens (tertiary/aromatic N) is 3. The van der Waals surface area contributed by atoms with Crippen molar-refractivity contribution in [1.29, 1.82) is 0 Å². The van der Waals surface area contributed by atoms with Gasteiger partial charge < -0.3 is 15.1 Å². The van der Waals surface area contributed by atoms with E-state index in [0.29, 0.717) is 18.7 Å². The number of nitrogens with one attached hydrogen (secondary N) is 1. The van der Waals surface area contributed by atoms with Gasteiger partial charge in [0.25, 0.3) is 5.91 Å². The Labute approximate surface area is 156 Å². The van der Waals surface area contributed by atoms with Crippen LogP contribution in [0.4, 0.5) is 4.79 Å². The van der Waals surface area contributed by atoms with Crippen LogP contribution in [0.1, 0.15) is 55.1 Å². The molecular formula is C20H30N4O2. The number of hydrogen-bond donors (Lipinski definition) is 1. The Morgan fingerprint density at radius 3 is 2.54 bits per heavy atom. The smallest absolute Gasteiger partial charge is 0.317 e. The summed E-state index contributed by atoms with van der Waals surface area (Å²) in [4.78, 5) is 33.0. The molecule has 0 aromatic carbocycles. The van der Waals surface area contributed by atoms with E-state index in [-0.39, 0.29) is 18.0 Å². The highest BCUT2D eigenvalue weighted by molar-refractivity contribution is 5.94. The van der Waals surface area contributed by atoms with Crippen molar-refractivity contribution >= 4 is 11.9 Å². The number of hydrogen-bond acceptors (Lipinski definition) is 3. The number of rotatable bonds is 4. The van der Waals surface area contributed by atoms with Gasteiger partial charge in [0.05, 0.1) is 5.56 Å². The van der Waals surface area contributed by atoms with Gasteiger partial charge in [-0.3, -0.25) is 9.78 Å². The number of urea groups is 1. The van der Waals surface area contributed by atoms with Crippen LogP contribution < -0.4 is 5.32 Å². The second-order valence-corrected chi connectivity index (χ2v) is 7.59. The van der Waals surface area contributed by atoms with Crippen molar-refractivity contribution in [2.24, 2.45) is 5.92 Å². The highest BCUT2D eigenvalue weighted by atomic mass is 16.2. The van der Waals surface area contributed by atoms with E-state index in [1.165, 1.54) is 12.8 Å². The molecule has 2 saturated heterocycles. The SMILES string of the molecule is CCCC1CCN(C(=O)N[C@@H]2CCN(C(=O)c3ccc(C)nc3)C2)CC1. The zero-order chi connectivity index (χ0) is 18.5. The largest absolute Gasteiger partial charge is 0.336 e. The fourth-order valence-electron chi connectivity index (χ4n) is 3.94. The van der Waals surface area contributed by atoms with E-state index >= 15 is 0 Å². The molecule has 1 atom stereocenters. The van der Waals surface area contributed by atoms with Gasteiger partial charge in [0.2, 0.25) is 0 Å². The molecule has 3 amide bonds. The molecule has 3 heterocycles. The number of amides is 3. The molecule has 0 bridgehead atoms. The fraction of sp³-hybridized carbons (Fsp3) is 0.650. The first-order chi connectivity index (χ1) is 12.6. The fourth-order valence-corrected chi connectivity index (χ4v) is 3.94. The maximum absolute atomic E-state index is 12.6. The maximum atomic E-state index is 12.6. The van der Waals surface area contributed by atoms with Crippen LogP contribution in [0.5, 0.6) is 0 Å². The summed E-state index contributed by atoms with van der Waals surface area (Å²) >= 11 is 0. The number of carbonyl (C=O) groups excluding carboxylic acids is 2. The van der Waals surface area contributed by atoms with Crippen molar-refractivity contribution in [2.75, 3.05) is 26.2 Å². The van der Waals surface area contributed by atoms with Crippen LogP contribution in [-0.4, -0.2) is 58.9 Å². The molecule has 2 fully saturated rings. The zero-order valence-electron chi connectivity index (χ0n) is 15.9. The van der Waals surface area contributed by atoms with E-state index in [4.69, 9.17) is 0 Å². The van der Waals surface area contributed by atoms with Crippen molar-refractivity contribution in [3.63, 3.8) is 0 Å². The van der Waals surface area contributed by atoms with Gasteiger partial charge in [0, 0.05) is 44.1 Å². The number of piperidine rings is 1. The number of likely N-dealkylation sites (tertiary alicyclic amines) is 2. The van der Waals surface area contributed by atoms with Gasteiger partial charge in [-0.1, -0.05) is 19.8 Å². The Kier molecular flexibility index (Phi) is 6.12. The minimum Gasteiger partial charge on any atom is -0.336 e. The molecular weight excluding hydrogens is 328 g/mol. The summed E-state index contributed by atoms with van der Waals surface area (Å²) in [5.74, 6) is 0.765. The summed E-state index contributed by atoms with van der Waals surface area (Å²) in [6.07, 6.45) is 7.14. The van der Waals surface area contributed by atoms with Crippen LogP contribution in [0.3, 0.4) is 0 Å². The van der Waals surface area contributed by atoms with Crippen molar-refractivity contribution < 1.29 is 9.59 Å². The third kappa shape index (κ3) is 4.54. The molecule has 0 radical (unpaired) electrons. The first-order valence-electron chi connectivity index (χ1n) is 9.84. The normalized spacial score (nSPS) is 21.1. The van der Waals surface area contributed by atoms with E-state index in [2.05, 4.69) is 17.2 Å². The highest BCUT2D eigenvalue weighted by Gasteiger charge is 2.30. The van der Waals surface area contributed by atoms with Crippen LogP contribution in [-0.2, 0) is 0 Å². The third-order valence-electron chi connectivity index (χ3n) is 5.56. The third-order valence-corrected chi connectivity index (χ3v) is 5.56.